The maximum Gasteiger partial charge on any atom is 0.243 e. The van der Waals surface area contributed by atoms with Gasteiger partial charge in [-0.1, -0.05) is 31.9 Å². The van der Waals surface area contributed by atoms with Crippen LogP contribution in [0.1, 0.15) is 31.7 Å². The first-order chi connectivity index (χ1) is 11.0. The maximum atomic E-state index is 12.7. The fourth-order valence-corrected chi connectivity index (χ4v) is 4.97. The van der Waals surface area contributed by atoms with Crippen LogP contribution >= 0.6 is 0 Å². The molecule has 2 saturated heterocycles. The number of carbonyl (C=O) groups is 1. The lowest BCUT2D eigenvalue weighted by Crippen LogP contribution is -2.33. The molecule has 0 bridgehead atoms. The van der Waals surface area contributed by atoms with E-state index in [0.29, 0.717) is 24.5 Å². The normalized spacial score (nSPS) is 24.7. The van der Waals surface area contributed by atoms with E-state index >= 15 is 0 Å². The van der Waals surface area contributed by atoms with Gasteiger partial charge in [0.15, 0.2) is 0 Å². The Kier molecular flexibility index (Phi) is 4.73. The molecule has 1 aromatic rings. The minimum Gasteiger partial charge on any atom is -0.355 e. The molecule has 5 nitrogen and oxygen atoms in total. The van der Waals surface area contributed by atoms with Crippen LogP contribution in [0.25, 0.3) is 0 Å². The molecule has 2 aliphatic rings. The SMILES string of the molecule is CCCCCc1ccc(S(=O)(=O)N2C[C@@H]3CNC(=O)[C@@H]3C2)cc1. The number of aryl methyl sites for hydroxylation is 1. The van der Waals surface area contributed by atoms with Crippen LogP contribution in [0.2, 0.25) is 0 Å². The number of hydrogen-bond acceptors (Lipinski definition) is 3. The lowest BCUT2D eigenvalue weighted by molar-refractivity contribution is -0.122. The van der Waals surface area contributed by atoms with Crippen molar-refractivity contribution in [1.82, 2.24) is 9.62 Å². The highest BCUT2D eigenvalue weighted by Crippen LogP contribution is 2.31. The highest BCUT2D eigenvalue weighted by Gasteiger charge is 2.46. The molecule has 23 heavy (non-hydrogen) atoms. The van der Waals surface area contributed by atoms with Gasteiger partial charge in [-0.2, -0.15) is 4.31 Å². The predicted octanol–water partition coefficient (Wildman–Crippen LogP) is 1.79. The molecule has 2 fully saturated rings. The monoisotopic (exact) mass is 336 g/mol. The first kappa shape index (κ1) is 16.5. The summed E-state index contributed by atoms with van der Waals surface area (Å²) in [7, 11) is -3.49. The Morgan fingerprint density at radius 1 is 1.17 bits per heavy atom. The second kappa shape index (κ2) is 6.61. The molecule has 0 unspecified atom stereocenters. The van der Waals surface area contributed by atoms with Crippen molar-refractivity contribution in [3.8, 4) is 0 Å². The molecule has 0 spiro atoms. The number of hydrogen-bond donors (Lipinski definition) is 1. The van der Waals surface area contributed by atoms with Crippen molar-refractivity contribution in [2.24, 2.45) is 11.8 Å². The number of nitrogens with zero attached hydrogens (tertiary/aromatic N) is 1. The summed E-state index contributed by atoms with van der Waals surface area (Å²) < 4.78 is 26.9. The van der Waals surface area contributed by atoms with Crippen LogP contribution in [0.4, 0.5) is 0 Å². The fraction of sp³-hybridized carbons (Fsp3) is 0.588. The molecule has 1 amide bonds. The van der Waals surface area contributed by atoms with E-state index in [0.717, 1.165) is 12.8 Å². The molecular weight excluding hydrogens is 312 g/mol. The van der Waals surface area contributed by atoms with E-state index in [9.17, 15) is 13.2 Å². The molecule has 126 valence electrons. The molecule has 0 aliphatic carbocycles. The van der Waals surface area contributed by atoms with Gasteiger partial charge < -0.3 is 5.32 Å². The van der Waals surface area contributed by atoms with Crippen LogP contribution in [-0.2, 0) is 21.2 Å². The van der Waals surface area contributed by atoms with Crippen LogP contribution in [-0.4, -0.2) is 38.3 Å². The third-order valence-corrected chi connectivity index (χ3v) is 6.76. The molecule has 6 heteroatoms. The molecule has 0 saturated carbocycles. The van der Waals surface area contributed by atoms with E-state index in [-0.39, 0.29) is 17.7 Å². The average Bonchev–Trinajstić information content (AvgIpc) is 3.11. The Balaban J connectivity index is 1.69. The van der Waals surface area contributed by atoms with E-state index in [1.54, 1.807) is 12.1 Å². The summed E-state index contributed by atoms with van der Waals surface area (Å²) in [6.07, 6.45) is 4.49. The van der Waals surface area contributed by atoms with Crippen LogP contribution in [0.15, 0.2) is 29.2 Å². The number of amides is 1. The Morgan fingerprint density at radius 3 is 2.57 bits per heavy atom. The fourth-order valence-electron chi connectivity index (χ4n) is 3.45. The van der Waals surface area contributed by atoms with Crippen molar-refractivity contribution >= 4 is 15.9 Å². The highest BCUT2D eigenvalue weighted by atomic mass is 32.2. The third kappa shape index (κ3) is 3.28. The highest BCUT2D eigenvalue weighted by molar-refractivity contribution is 7.89. The summed E-state index contributed by atoms with van der Waals surface area (Å²) >= 11 is 0. The van der Waals surface area contributed by atoms with Crippen molar-refractivity contribution < 1.29 is 13.2 Å². The largest absolute Gasteiger partial charge is 0.355 e. The lowest BCUT2D eigenvalue weighted by atomic mass is 10.0. The quantitative estimate of drug-likeness (QED) is 0.806. The Hall–Kier alpha value is -1.40. The Morgan fingerprint density at radius 2 is 1.91 bits per heavy atom. The molecule has 1 N–H and O–H groups in total. The van der Waals surface area contributed by atoms with Gasteiger partial charge in [-0.25, -0.2) is 8.42 Å². The van der Waals surface area contributed by atoms with Crippen LogP contribution in [0.5, 0.6) is 0 Å². The molecule has 0 aromatic heterocycles. The van der Waals surface area contributed by atoms with Gasteiger partial charge in [0.25, 0.3) is 0 Å². The number of benzene rings is 1. The number of fused-ring (bicyclic) bond motifs is 1. The predicted molar refractivity (Wildman–Crippen MR) is 88.4 cm³/mol. The second-order valence-corrected chi connectivity index (χ2v) is 8.47. The zero-order valence-electron chi connectivity index (χ0n) is 13.5. The van der Waals surface area contributed by atoms with Crippen molar-refractivity contribution in [3.63, 3.8) is 0 Å². The molecule has 1 aromatic carbocycles. The molecule has 0 radical (unpaired) electrons. The van der Waals surface area contributed by atoms with Gasteiger partial charge in [0.05, 0.1) is 10.8 Å². The van der Waals surface area contributed by atoms with E-state index in [1.165, 1.54) is 22.7 Å². The first-order valence-corrected chi connectivity index (χ1v) is 9.83. The molecule has 2 aliphatic heterocycles. The molecular formula is C17H24N2O3S. The number of nitrogens with one attached hydrogen (secondary N) is 1. The van der Waals surface area contributed by atoms with Crippen LogP contribution in [0, 0.1) is 11.8 Å². The zero-order valence-corrected chi connectivity index (χ0v) is 14.3. The van der Waals surface area contributed by atoms with Crippen molar-refractivity contribution in [1.29, 1.82) is 0 Å². The number of carbonyl (C=O) groups excluding carboxylic acids is 1. The van der Waals surface area contributed by atoms with Gasteiger partial charge in [-0.15, -0.1) is 0 Å². The summed E-state index contributed by atoms with van der Waals surface area (Å²) in [5.74, 6) is -0.0809. The summed E-state index contributed by atoms with van der Waals surface area (Å²) in [6, 6.07) is 7.22. The van der Waals surface area contributed by atoms with Crippen LogP contribution < -0.4 is 5.32 Å². The van der Waals surface area contributed by atoms with E-state index in [2.05, 4.69) is 12.2 Å². The maximum absolute atomic E-state index is 12.7. The number of sulfonamides is 1. The van der Waals surface area contributed by atoms with E-state index in [4.69, 9.17) is 0 Å². The van der Waals surface area contributed by atoms with E-state index in [1.807, 2.05) is 12.1 Å². The third-order valence-electron chi connectivity index (χ3n) is 4.91. The smallest absolute Gasteiger partial charge is 0.243 e. The topological polar surface area (TPSA) is 66.5 Å². The molecule has 2 atom stereocenters. The number of unbranched alkanes of at least 4 members (excludes halogenated alkanes) is 2. The standard InChI is InChI=1S/C17H24N2O3S/c1-2-3-4-5-13-6-8-15(9-7-13)23(21,22)19-11-14-10-18-17(20)16(14)12-19/h6-9,14,16H,2-5,10-12H2,1H3,(H,18,20)/t14-,16+/m0/s1. The summed E-state index contributed by atoms with van der Waals surface area (Å²) in [4.78, 5) is 12.0. The van der Waals surface area contributed by atoms with E-state index < -0.39 is 10.0 Å². The Labute approximate surface area is 138 Å². The number of rotatable bonds is 6. The van der Waals surface area contributed by atoms with Crippen LogP contribution in [0.3, 0.4) is 0 Å². The first-order valence-electron chi connectivity index (χ1n) is 8.39. The zero-order chi connectivity index (χ0) is 16.4. The van der Waals surface area contributed by atoms with Crippen molar-refractivity contribution in [2.45, 2.75) is 37.5 Å². The summed E-state index contributed by atoms with van der Waals surface area (Å²) in [6.45, 7) is 3.49. The minimum atomic E-state index is -3.49. The van der Waals surface area contributed by atoms with Gasteiger partial charge in [0.2, 0.25) is 15.9 Å². The average molecular weight is 336 g/mol. The second-order valence-electron chi connectivity index (χ2n) is 6.53. The summed E-state index contributed by atoms with van der Waals surface area (Å²) in [5.41, 5.74) is 1.18. The molecule has 2 heterocycles. The minimum absolute atomic E-state index is 0.0148. The van der Waals surface area contributed by atoms with Gasteiger partial charge in [-0.05, 0) is 30.5 Å². The van der Waals surface area contributed by atoms with Gasteiger partial charge in [0, 0.05) is 25.6 Å². The molecule has 3 rings (SSSR count). The van der Waals surface area contributed by atoms with Gasteiger partial charge in [-0.3, -0.25) is 4.79 Å². The summed E-state index contributed by atoms with van der Waals surface area (Å²) in [5, 5.41) is 2.80. The van der Waals surface area contributed by atoms with Crippen molar-refractivity contribution in [2.75, 3.05) is 19.6 Å². The lowest BCUT2D eigenvalue weighted by Gasteiger charge is -2.17. The van der Waals surface area contributed by atoms with Crippen molar-refractivity contribution in [3.05, 3.63) is 29.8 Å². The Bertz CT molecular complexity index is 670. The van der Waals surface area contributed by atoms with Gasteiger partial charge in [0.1, 0.15) is 0 Å². The van der Waals surface area contributed by atoms with Gasteiger partial charge >= 0.3 is 0 Å².